The third kappa shape index (κ3) is 3.46. The minimum absolute atomic E-state index is 0.111. The summed E-state index contributed by atoms with van der Waals surface area (Å²) >= 11 is 0. The molecule has 0 bridgehead atoms. The standard InChI is InChI=1S/C18H20N4O3/c1-12(23)10-19-18-20-15-7-3-4-8-17(15)21(18)11-14-6-5-9-16(13(14)2)22(24)25/h3-9,12,23H,10-11H2,1-2H3,(H,19,20)/t12-/m0/s1. The lowest BCUT2D eigenvalue weighted by Crippen LogP contribution is -2.18. The fourth-order valence-corrected chi connectivity index (χ4v) is 2.82. The molecule has 7 nitrogen and oxygen atoms in total. The highest BCUT2D eigenvalue weighted by atomic mass is 16.6. The summed E-state index contributed by atoms with van der Waals surface area (Å²) in [6, 6.07) is 12.8. The number of hydrogen-bond acceptors (Lipinski definition) is 5. The molecule has 0 saturated carbocycles. The predicted octanol–water partition coefficient (Wildman–Crippen LogP) is 3.09. The van der Waals surface area contributed by atoms with Gasteiger partial charge in [0.1, 0.15) is 0 Å². The highest BCUT2D eigenvalue weighted by Gasteiger charge is 2.16. The van der Waals surface area contributed by atoms with E-state index < -0.39 is 6.10 Å². The van der Waals surface area contributed by atoms with Gasteiger partial charge in [-0.05, 0) is 31.5 Å². The van der Waals surface area contributed by atoms with Gasteiger partial charge in [-0.2, -0.15) is 0 Å². The van der Waals surface area contributed by atoms with Gasteiger partial charge in [0.25, 0.3) is 5.69 Å². The summed E-state index contributed by atoms with van der Waals surface area (Å²) < 4.78 is 1.98. The van der Waals surface area contributed by atoms with E-state index in [-0.39, 0.29) is 10.6 Å². The number of aliphatic hydroxyl groups is 1. The zero-order chi connectivity index (χ0) is 18.0. The van der Waals surface area contributed by atoms with Crippen molar-refractivity contribution in [3.05, 3.63) is 63.7 Å². The van der Waals surface area contributed by atoms with E-state index in [0.717, 1.165) is 16.6 Å². The molecule has 0 radical (unpaired) electrons. The molecule has 0 aliphatic rings. The van der Waals surface area contributed by atoms with E-state index in [1.54, 1.807) is 19.9 Å². The number of para-hydroxylation sites is 2. The molecule has 3 rings (SSSR count). The van der Waals surface area contributed by atoms with Gasteiger partial charge in [-0.15, -0.1) is 0 Å². The molecule has 0 saturated heterocycles. The topological polar surface area (TPSA) is 93.2 Å². The number of imidazole rings is 1. The molecular weight excluding hydrogens is 320 g/mol. The summed E-state index contributed by atoms with van der Waals surface area (Å²) in [7, 11) is 0. The number of nitrogens with one attached hydrogen (secondary N) is 1. The van der Waals surface area contributed by atoms with Crippen LogP contribution >= 0.6 is 0 Å². The van der Waals surface area contributed by atoms with E-state index >= 15 is 0 Å². The molecule has 1 atom stereocenters. The molecule has 7 heteroatoms. The van der Waals surface area contributed by atoms with E-state index in [9.17, 15) is 15.2 Å². The van der Waals surface area contributed by atoms with Crippen molar-refractivity contribution < 1.29 is 10.0 Å². The Morgan fingerprint density at radius 3 is 2.76 bits per heavy atom. The number of aliphatic hydroxyl groups excluding tert-OH is 1. The van der Waals surface area contributed by atoms with Crippen molar-refractivity contribution >= 4 is 22.7 Å². The van der Waals surface area contributed by atoms with Crippen LogP contribution in [0.4, 0.5) is 11.6 Å². The van der Waals surface area contributed by atoms with E-state index in [0.29, 0.717) is 24.6 Å². The Morgan fingerprint density at radius 1 is 1.28 bits per heavy atom. The third-order valence-electron chi connectivity index (χ3n) is 4.15. The minimum Gasteiger partial charge on any atom is -0.392 e. The van der Waals surface area contributed by atoms with Crippen LogP contribution in [-0.4, -0.2) is 32.2 Å². The fourth-order valence-electron chi connectivity index (χ4n) is 2.82. The number of nitro benzene ring substituents is 1. The fraction of sp³-hybridized carbons (Fsp3) is 0.278. The number of hydrogen-bond donors (Lipinski definition) is 2. The lowest BCUT2D eigenvalue weighted by molar-refractivity contribution is -0.385. The van der Waals surface area contributed by atoms with Crippen LogP contribution in [-0.2, 0) is 6.54 Å². The van der Waals surface area contributed by atoms with Crippen LogP contribution < -0.4 is 5.32 Å². The summed E-state index contributed by atoms with van der Waals surface area (Å²) in [6.45, 7) is 4.29. The van der Waals surface area contributed by atoms with Crippen LogP contribution in [0.2, 0.25) is 0 Å². The Labute approximate surface area is 145 Å². The Bertz CT molecular complexity index is 918. The van der Waals surface area contributed by atoms with Gasteiger partial charge in [-0.1, -0.05) is 24.3 Å². The van der Waals surface area contributed by atoms with Gasteiger partial charge in [-0.25, -0.2) is 4.98 Å². The van der Waals surface area contributed by atoms with Crippen molar-refractivity contribution in [1.82, 2.24) is 9.55 Å². The molecule has 25 heavy (non-hydrogen) atoms. The predicted molar refractivity (Wildman–Crippen MR) is 96.8 cm³/mol. The van der Waals surface area contributed by atoms with Crippen LogP contribution in [0.1, 0.15) is 18.1 Å². The maximum atomic E-state index is 11.2. The highest BCUT2D eigenvalue weighted by Crippen LogP contribution is 2.26. The molecule has 0 fully saturated rings. The smallest absolute Gasteiger partial charge is 0.272 e. The lowest BCUT2D eigenvalue weighted by atomic mass is 10.1. The normalized spacial score (nSPS) is 12.3. The lowest BCUT2D eigenvalue weighted by Gasteiger charge is -2.13. The Kier molecular flexibility index (Phi) is 4.67. The van der Waals surface area contributed by atoms with E-state index in [4.69, 9.17) is 0 Å². The number of nitrogens with zero attached hydrogens (tertiary/aromatic N) is 3. The van der Waals surface area contributed by atoms with Gasteiger partial charge in [0.2, 0.25) is 5.95 Å². The molecule has 1 aromatic heterocycles. The highest BCUT2D eigenvalue weighted by molar-refractivity contribution is 5.78. The van der Waals surface area contributed by atoms with Crippen molar-refractivity contribution in [2.75, 3.05) is 11.9 Å². The average molecular weight is 340 g/mol. The van der Waals surface area contributed by atoms with E-state index in [2.05, 4.69) is 10.3 Å². The van der Waals surface area contributed by atoms with Crippen molar-refractivity contribution in [1.29, 1.82) is 0 Å². The van der Waals surface area contributed by atoms with Gasteiger partial charge in [0.15, 0.2) is 0 Å². The molecule has 0 unspecified atom stereocenters. The number of aromatic nitrogens is 2. The van der Waals surface area contributed by atoms with E-state index in [1.165, 1.54) is 6.07 Å². The number of anilines is 1. The van der Waals surface area contributed by atoms with Crippen LogP contribution in [0.25, 0.3) is 11.0 Å². The SMILES string of the molecule is Cc1c(Cn2c(NC[C@H](C)O)nc3ccccc32)cccc1[N+](=O)[O-]. The van der Waals surface area contributed by atoms with Crippen LogP contribution in [0.15, 0.2) is 42.5 Å². The summed E-state index contributed by atoms with van der Waals surface area (Å²) in [4.78, 5) is 15.4. The van der Waals surface area contributed by atoms with Gasteiger partial charge >= 0.3 is 0 Å². The van der Waals surface area contributed by atoms with Crippen molar-refractivity contribution in [2.24, 2.45) is 0 Å². The largest absolute Gasteiger partial charge is 0.392 e. The van der Waals surface area contributed by atoms with Crippen molar-refractivity contribution in [2.45, 2.75) is 26.5 Å². The van der Waals surface area contributed by atoms with Gasteiger partial charge in [-0.3, -0.25) is 10.1 Å². The monoisotopic (exact) mass is 340 g/mol. The van der Waals surface area contributed by atoms with Crippen molar-refractivity contribution in [3.63, 3.8) is 0 Å². The Balaban J connectivity index is 2.04. The number of benzene rings is 2. The maximum absolute atomic E-state index is 11.2. The van der Waals surface area contributed by atoms with Crippen LogP contribution in [0, 0.1) is 17.0 Å². The zero-order valence-corrected chi connectivity index (χ0v) is 14.1. The summed E-state index contributed by atoms with van der Waals surface area (Å²) in [5.74, 6) is 0.632. The maximum Gasteiger partial charge on any atom is 0.272 e. The molecule has 2 aromatic carbocycles. The molecule has 0 amide bonds. The first-order chi connectivity index (χ1) is 12.0. The molecular formula is C18H20N4O3. The first kappa shape index (κ1) is 16.9. The quantitative estimate of drug-likeness (QED) is 0.531. The van der Waals surface area contributed by atoms with E-state index in [1.807, 2.05) is 34.9 Å². The second-order valence-electron chi connectivity index (χ2n) is 6.06. The molecule has 2 N–H and O–H groups in total. The second-order valence-corrected chi connectivity index (χ2v) is 6.06. The average Bonchev–Trinajstić information content (AvgIpc) is 2.92. The second kappa shape index (κ2) is 6.90. The number of nitro groups is 1. The van der Waals surface area contributed by atoms with Crippen molar-refractivity contribution in [3.8, 4) is 0 Å². The van der Waals surface area contributed by atoms with Crippen LogP contribution in [0.3, 0.4) is 0 Å². The number of fused-ring (bicyclic) bond motifs is 1. The summed E-state index contributed by atoms with van der Waals surface area (Å²) in [6.07, 6.45) is -0.507. The van der Waals surface area contributed by atoms with Crippen LogP contribution in [0.5, 0.6) is 0 Å². The van der Waals surface area contributed by atoms with Gasteiger partial charge in [0.05, 0.1) is 28.6 Å². The first-order valence-corrected chi connectivity index (χ1v) is 8.07. The summed E-state index contributed by atoms with van der Waals surface area (Å²) in [5, 5.41) is 23.9. The molecule has 0 spiro atoms. The number of rotatable bonds is 6. The summed E-state index contributed by atoms with van der Waals surface area (Å²) in [5.41, 5.74) is 3.38. The van der Waals surface area contributed by atoms with Gasteiger partial charge < -0.3 is 15.0 Å². The zero-order valence-electron chi connectivity index (χ0n) is 14.1. The molecule has 0 aliphatic carbocycles. The Morgan fingerprint density at radius 2 is 2.04 bits per heavy atom. The molecule has 3 aromatic rings. The minimum atomic E-state index is -0.507. The van der Waals surface area contributed by atoms with Gasteiger partial charge in [0, 0.05) is 18.2 Å². The molecule has 1 heterocycles. The Hall–Kier alpha value is -2.93. The first-order valence-electron chi connectivity index (χ1n) is 8.07. The molecule has 130 valence electrons. The third-order valence-corrected chi connectivity index (χ3v) is 4.15. The molecule has 0 aliphatic heterocycles.